The van der Waals surface area contributed by atoms with Crippen LogP contribution in [-0.2, 0) is 22.6 Å². The van der Waals surface area contributed by atoms with E-state index in [1.807, 2.05) is 56.3 Å². The highest BCUT2D eigenvalue weighted by Gasteiger charge is 2.19. The fraction of sp³-hybridized carbons (Fsp3) is 0.261. The summed E-state index contributed by atoms with van der Waals surface area (Å²) in [5, 5.41) is 3.65. The molecule has 0 fully saturated rings. The molecule has 0 aliphatic carbocycles. The van der Waals surface area contributed by atoms with Gasteiger partial charge in [-0.05, 0) is 43.2 Å². The zero-order valence-electron chi connectivity index (χ0n) is 17.6. The molecule has 1 N–H and O–H groups in total. The van der Waals surface area contributed by atoms with E-state index in [0.717, 1.165) is 25.8 Å². The summed E-state index contributed by atoms with van der Waals surface area (Å²) in [4.78, 5) is 39.1. The molecule has 0 aliphatic rings. The molecule has 0 aliphatic heterocycles. The van der Waals surface area contributed by atoms with Crippen LogP contribution in [0.1, 0.15) is 11.1 Å². The van der Waals surface area contributed by atoms with Gasteiger partial charge in [-0.15, -0.1) is 11.3 Å². The number of amides is 1. The summed E-state index contributed by atoms with van der Waals surface area (Å²) in [7, 11) is 1.51. The van der Waals surface area contributed by atoms with Gasteiger partial charge in [0, 0.05) is 22.9 Å². The first-order chi connectivity index (χ1) is 14.9. The van der Waals surface area contributed by atoms with Gasteiger partial charge in [0.1, 0.15) is 11.2 Å². The van der Waals surface area contributed by atoms with Gasteiger partial charge in [0.05, 0.1) is 18.7 Å². The van der Waals surface area contributed by atoms with Crippen molar-refractivity contribution in [3.05, 3.63) is 74.4 Å². The Bertz CT molecular complexity index is 1410. The van der Waals surface area contributed by atoms with Crippen LogP contribution in [0.5, 0.6) is 0 Å². The third kappa shape index (κ3) is 3.92. The summed E-state index contributed by atoms with van der Waals surface area (Å²) in [6.45, 7) is 4.12. The van der Waals surface area contributed by atoms with Crippen molar-refractivity contribution >= 4 is 43.2 Å². The Hall–Kier alpha value is -3.23. The molecule has 160 valence electrons. The number of thiophene rings is 1. The molecule has 7 nitrogen and oxygen atoms in total. The SMILES string of the molecule is COCCn1c(=O)c2sc3ccccc3c2n(CC(=O)Nc2ccc(C)c(C)c2)c1=O. The fourth-order valence-electron chi connectivity index (χ4n) is 3.59. The number of fused-ring (bicyclic) bond motifs is 3. The van der Waals surface area contributed by atoms with Crippen LogP contribution in [0, 0.1) is 13.8 Å². The zero-order valence-corrected chi connectivity index (χ0v) is 18.4. The predicted molar refractivity (Wildman–Crippen MR) is 124 cm³/mol. The van der Waals surface area contributed by atoms with E-state index in [2.05, 4.69) is 5.32 Å². The van der Waals surface area contributed by atoms with E-state index >= 15 is 0 Å². The molecule has 4 rings (SSSR count). The lowest BCUT2D eigenvalue weighted by atomic mass is 10.1. The van der Waals surface area contributed by atoms with Gasteiger partial charge in [0.2, 0.25) is 5.91 Å². The van der Waals surface area contributed by atoms with E-state index in [0.29, 0.717) is 15.9 Å². The molecule has 2 aromatic heterocycles. The van der Waals surface area contributed by atoms with Gasteiger partial charge in [-0.3, -0.25) is 18.7 Å². The van der Waals surface area contributed by atoms with Gasteiger partial charge in [0.15, 0.2) is 0 Å². The lowest BCUT2D eigenvalue weighted by Crippen LogP contribution is -2.42. The van der Waals surface area contributed by atoms with Crippen molar-refractivity contribution in [1.29, 1.82) is 0 Å². The number of anilines is 1. The highest BCUT2D eigenvalue weighted by atomic mass is 32.1. The van der Waals surface area contributed by atoms with Crippen molar-refractivity contribution in [2.45, 2.75) is 26.9 Å². The summed E-state index contributed by atoms with van der Waals surface area (Å²) in [5.74, 6) is -0.334. The molecular weight excluding hydrogens is 414 g/mol. The van der Waals surface area contributed by atoms with Crippen molar-refractivity contribution in [2.75, 3.05) is 19.0 Å². The Balaban J connectivity index is 1.83. The molecule has 8 heteroatoms. The number of nitrogens with one attached hydrogen (secondary N) is 1. The minimum absolute atomic E-state index is 0.122. The Morgan fingerprint density at radius 3 is 2.58 bits per heavy atom. The molecule has 0 spiro atoms. The van der Waals surface area contributed by atoms with Crippen molar-refractivity contribution in [3.63, 3.8) is 0 Å². The van der Waals surface area contributed by atoms with Crippen molar-refractivity contribution in [2.24, 2.45) is 0 Å². The molecule has 0 saturated carbocycles. The molecule has 0 saturated heterocycles. The number of hydrogen-bond donors (Lipinski definition) is 1. The largest absolute Gasteiger partial charge is 0.383 e. The van der Waals surface area contributed by atoms with Crippen LogP contribution >= 0.6 is 11.3 Å². The third-order valence-electron chi connectivity index (χ3n) is 5.35. The summed E-state index contributed by atoms with van der Waals surface area (Å²) < 4.78 is 8.94. The Morgan fingerprint density at radius 2 is 1.84 bits per heavy atom. The third-order valence-corrected chi connectivity index (χ3v) is 6.50. The minimum Gasteiger partial charge on any atom is -0.383 e. The summed E-state index contributed by atoms with van der Waals surface area (Å²) in [6.07, 6.45) is 0. The van der Waals surface area contributed by atoms with Gasteiger partial charge < -0.3 is 10.1 Å². The number of aryl methyl sites for hydroxylation is 2. The lowest BCUT2D eigenvalue weighted by Gasteiger charge is -2.13. The molecule has 1 amide bonds. The quantitative estimate of drug-likeness (QED) is 0.502. The van der Waals surface area contributed by atoms with Gasteiger partial charge in [0.25, 0.3) is 5.56 Å². The first-order valence-electron chi connectivity index (χ1n) is 9.91. The molecule has 0 unspecified atom stereocenters. The van der Waals surface area contributed by atoms with Gasteiger partial charge in [-0.1, -0.05) is 24.3 Å². The number of benzene rings is 2. The van der Waals surface area contributed by atoms with Crippen LogP contribution in [0.3, 0.4) is 0 Å². The maximum atomic E-state index is 13.2. The van der Waals surface area contributed by atoms with Crippen LogP contribution in [0.4, 0.5) is 5.69 Å². The number of carbonyl (C=O) groups excluding carboxylic acids is 1. The Morgan fingerprint density at radius 1 is 1.06 bits per heavy atom. The first-order valence-corrected chi connectivity index (χ1v) is 10.7. The number of carbonyl (C=O) groups is 1. The maximum absolute atomic E-state index is 13.2. The molecule has 2 heterocycles. The van der Waals surface area contributed by atoms with Gasteiger partial charge in [-0.25, -0.2) is 4.79 Å². The first kappa shape index (κ1) is 21.0. The van der Waals surface area contributed by atoms with Crippen LogP contribution < -0.4 is 16.6 Å². The molecule has 4 aromatic rings. The van der Waals surface area contributed by atoms with Crippen molar-refractivity contribution < 1.29 is 9.53 Å². The monoisotopic (exact) mass is 437 g/mol. The minimum atomic E-state index is -0.520. The average Bonchev–Trinajstić information content (AvgIpc) is 3.14. The van der Waals surface area contributed by atoms with Crippen LogP contribution in [0.2, 0.25) is 0 Å². The van der Waals surface area contributed by atoms with Gasteiger partial charge in [-0.2, -0.15) is 0 Å². The number of nitrogens with zero attached hydrogens (tertiary/aromatic N) is 2. The smallest absolute Gasteiger partial charge is 0.332 e. The average molecular weight is 438 g/mol. The predicted octanol–water partition coefficient (Wildman–Crippen LogP) is 3.28. The Labute approximate surface area is 182 Å². The number of methoxy groups -OCH3 is 1. The lowest BCUT2D eigenvalue weighted by molar-refractivity contribution is -0.116. The van der Waals surface area contributed by atoms with E-state index in [9.17, 15) is 14.4 Å². The highest BCUT2D eigenvalue weighted by molar-refractivity contribution is 7.25. The zero-order chi connectivity index (χ0) is 22.1. The van der Waals surface area contributed by atoms with Gasteiger partial charge >= 0.3 is 5.69 Å². The second kappa shape index (κ2) is 8.49. The molecule has 0 bridgehead atoms. The normalized spacial score (nSPS) is 11.3. The molecule has 0 atom stereocenters. The van der Waals surface area contributed by atoms with Crippen LogP contribution in [0.25, 0.3) is 20.3 Å². The number of aromatic nitrogens is 2. The maximum Gasteiger partial charge on any atom is 0.332 e. The molecule has 31 heavy (non-hydrogen) atoms. The van der Waals surface area contributed by atoms with E-state index in [1.165, 1.54) is 23.0 Å². The molecule has 2 aromatic carbocycles. The standard InChI is InChI=1S/C23H23N3O4S/c1-14-8-9-16(12-15(14)2)24-19(27)13-26-20-17-6-4-5-7-18(17)31-21(20)22(28)25(23(26)29)10-11-30-3/h4-9,12H,10-11,13H2,1-3H3,(H,24,27). The summed E-state index contributed by atoms with van der Waals surface area (Å²) in [6, 6.07) is 13.2. The summed E-state index contributed by atoms with van der Waals surface area (Å²) >= 11 is 1.33. The number of rotatable bonds is 6. The van der Waals surface area contributed by atoms with Crippen LogP contribution in [-0.4, -0.2) is 28.8 Å². The van der Waals surface area contributed by atoms with E-state index in [-0.39, 0.29) is 31.2 Å². The second-order valence-electron chi connectivity index (χ2n) is 7.44. The van der Waals surface area contributed by atoms with E-state index in [4.69, 9.17) is 4.74 Å². The highest BCUT2D eigenvalue weighted by Crippen LogP contribution is 2.30. The number of hydrogen-bond acceptors (Lipinski definition) is 5. The second-order valence-corrected chi connectivity index (χ2v) is 8.49. The fourth-order valence-corrected chi connectivity index (χ4v) is 4.74. The summed E-state index contributed by atoms with van der Waals surface area (Å²) in [5.41, 5.74) is 2.48. The molecular formula is C23H23N3O4S. The van der Waals surface area contributed by atoms with Crippen molar-refractivity contribution in [3.8, 4) is 0 Å². The van der Waals surface area contributed by atoms with E-state index in [1.54, 1.807) is 0 Å². The number of ether oxygens (including phenoxy) is 1. The van der Waals surface area contributed by atoms with Crippen molar-refractivity contribution in [1.82, 2.24) is 9.13 Å². The molecule has 0 radical (unpaired) electrons. The van der Waals surface area contributed by atoms with E-state index < -0.39 is 5.69 Å². The topological polar surface area (TPSA) is 82.3 Å². The van der Waals surface area contributed by atoms with Crippen LogP contribution in [0.15, 0.2) is 52.1 Å². The Kier molecular flexibility index (Phi) is 5.75.